The molecule has 8 heteroatoms. The maximum Gasteiger partial charge on any atom is 0.277 e. The molecular formula is C16H17N3O5. The van der Waals surface area contributed by atoms with Gasteiger partial charge in [0.15, 0.2) is 6.10 Å². The highest BCUT2D eigenvalue weighted by Crippen LogP contribution is 2.35. The molecule has 3 amide bonds. The summed E-state index contributed by atoms with van der Waals surface area (Å²) in [6.07, 6.45) is 0.635. The van der Waals surface area contributed by atoms with Gasteiger partial charge >= 0.3 is 0 Å². The third-order valence-corrected chi connectivity index (χ3v) is 3.91. The van der Waals surface area contributed by atoms with Crippen molar-refractivity contribution in [2.75, 3.05) is 30.4 Å². The van der Waals surface area contributed by atoms with Gasteiger partial charge in [0.1, 0.15) is 11.4 Å². The summed E-state index contributed by atoms with van der Waals surface area (Å²) in [6, 6.07) is 5.07. The maximum atomic E-state index is 12.1. The van der Waals surface area contributed by atoms with Crippen molar-refractivity contribution in [1.29, 1.82) is 0 Å². The summed E-state index contributed by atoms with van der Waals surface area (Å²) in [4.78, 5) is 38.3. The lowest BCUT2D eigenvalue weighted by Gasteiger charge is -2.30. The Balaban J connectivity index is 1.83. The minimum atomic E-state index is -0.551. The SMILES string of the molecule is CC1Oc2ccc(NC3=CC(=O)N(CCO)C3=O)cc2N(C)C1=O. The second-order valence-corrected chi connectivity index (χ2v) is 5.54. The summed E-state index contributed by atoms with van der Waals surface area (Å²) in [5.41, 5.74) is 1.24. The second-order valence-electron chi connectivity index (χ2n) is 5.54. The first-order valence-corrected chi connectivity index (χ1v) is 7.46. The predicted octanol–water partition coefficient (Wildman–Crippen LogP) is 0.0872. The lowest BCUT2D eigenvalue weighted by molar-refractivity contribution is -0.137. The average molecular weight is 331 g/mol. The van der Waals surface area contributed by atoms with E-state index >= 15 is 0 Å². The molecule has 0 spiro atoms. The van der Waals surface area contributed by atoms with Crippen molar-refractivity contribution < 1.29 is 24.2 Å². The molecule has 0 saturated carbocycles. The number of aliphatic hydroxyl groups excluding tert-OH is 1. The van der Waals surface area contributed by atoms with Crippen LogP contribution in [0.25, 0.3) is 0 Å². The molecule has 2 aliphatic heterocycles. The summed E-state index contributed by atoms with van der Waals surface area (Å²) in [6.45, 7) is 1.34. The number of carbonyl (C=O) groups is 3. The quantitative estimate of drug-likeness (QED) is 0.759. The third kappa shape index (κ3) is 2.61. The Hall–Kier alpha value is -2.87. The first-order valence-electron chi connectivity index (χ1n) is 7.46. The molecule has 126 valence electrons. The Bertz CT molecular complexity index is 758. The van der Waals surface area contributed by atoms with E-state index in [4.69, 9.17) is 9.84 Å². The van der Waals surface area contributed by atoms with Gasteiger partial charge in [0.2, 0.25) is 0 Å². The largest absolute Gasteiger partial charge is 0.479 e. The molecule has 2 aliphatic rings. The van der Waals surface area contributed by atoms with E-state index in [2.05, 4.69) is 5.32 Å². The summed E-state index contributed by atoms with van der Waals surface area (Å²) in [5, 5.41) is 11.8. The molecule has 0 fully saturated rings. The van der Waals surface area contributed by atoms with E-state index in [-0.39, 0.29) is 24.8 Å². The lowest BCUT2D eigenvalue weighted by atomic mass is 10.2. The standard InChI is InChI=1S/C16H17N3O5/c1-9-15(22)18(2)12-7-10(3-4-13(12)24-9)17-11-8-14(21)19(5-6-20)16(11)23/h3-4,7-9,17,20H,5-6H2,1-2H3. The first kappa shape index (κ1) is 16.0. The smallest absolute Gasteiger partial charge is 0.277 e. The van der Waals surface area contributed by atoms with Crippen LogP contribution in [-0.2, 0) is 14.4 Å². The summed E-state index contributed by atoms with van der Waals surface area (Å²) < 4.78 is 5.54. The Kier molecular flexibility index (Phi) is 3.98. The number of hydrogen-bond acceptors (Lipinski definition) is 6. The number of ether oxygens (including phenoxy) is 1. The number of rotatable bonds is 4. The number of β-amino-alcohol motifs (C(OH)–C–C–N with tert-alkyl or cyclic N) is 1. The Morgan fingerprint density at radius 2 is 2.04 bits per heavy atom. The van der Waals surface area contributed by atoms with Crippen molar-refractivity contribution in [3.63, 3.8) is 0 Å². The number of aliphatic hydroxyl groups is 1. The second kappa shape index (κ2) is 5.97. The van der Waals surface area contributed by atoms with E-state index in [0.717, 1.165) is 4.90 Å². The van der Waals surface area contributed by atoms with Gasteiger partial charge in [-0.15, -0.1) is 0 Å². The molecule has 1 atom stereocenters. The molecule has 2 heterocycles. The Morgan fingerprint density at radius 3 is 2.75 bits per heavy atom. The third-order valence-electron chi connectivity index (χ3n) is 3.91. The van der Waals surface area contributed by atoms with Gasteiger partial charge in [-0.2, -0.15) is 0 Å². The van der Waals surface area contributed by atoms with Crippen LogP contribution in [0, 0.1) is 0 Å². The van der Waals surface area contributed by atoms with Gasteiger partial charge in [-0.25, -0.2) is 0 Å². The first-order chi connectivity index (χ1) is 11.4. The van der Waals surface area contributed by atoms with Gasteiger partial charge < -0.3 is 20.1 Å². The van der Waals surface area contributed by atoms with E-state index in [0.29, 0.717) is 17.1 Å². The van der Waals surface area contributed by atoms with E-state index < -0.39 is 17.9 Å². The molecule has 0 aliphatic carbocycles. The van der Waals surface area contributed by atoms with E-state index in [1.54, 1.807) is 32.2 Å². The highest BCUT2D eigenvalue weighted by molar-refractivity contribution is 6.17. The molecule has 0 saturated heterocycles. The maximum absolute atomic E-state index is 12.1. The highest BCUT2D eigenvalue weighted by atomic mass is 16.5. The van der Waals surface area contributed by atoms with Crippen LogP contribution < -0.4 is 15.0 Å². The van der Waals surface area contributed by atoms with Crippen LogP contribution in [0.15, 0.2) is 30.0 Å². The fourth-order valence-electron chi connectivity index (χ4n) is 2.65. The topological polar surface area (TPSA) is 99.2 Å². The minimum Gasteiger partial charge on any atom is -0.479 e. The zero-order valence-electron chi connectivity index (χ0n) is 13.3. The fourth-order valence-corrected chi connectivity index (χ4v) is 2.65. The van der Waals surface area contributed by atoms with Crippen molar-refractivity contribution in [1.82, 2.24) is 4.90 Å². The van der Waals surface area contributed by atoms with Gasteiger partial charge in [-0.1, -0.05) is 0 Å². The van der Waals surface area contributed by atoms with Gasteiger partial charge in [0.25, 0.3) is 17.7 Å². The average Bonchev–Trinajstić information content (AvgIpc) is 2.81. The monoisotopic (exact) mass is 331 g/mol. The molecule has 0 radical (unpaired) electrons. The van der Waals surface area contributed by atoms with Gasteiger partial charge in [-0.05, 0) is 25.1 Å². The molecule has 0 bridgehead atoms. The van der Waals surface area contributed by atoms with Crippen molar-refractivity contribution in [3.05, 3.63) is 30.0 Å². The zero-order chi connectivity index (χ0) is 17.4. The molecule has 24 heavy (non-hydrogen) atoms. The lowest BCUT2D eigenvalue weighted by Crippen LogP contribution is -2.41. The zero-order valence-corrected chi connectivity index (χ0v) is 13.3. The molecule has 1 aromatic rings. The number of benzene rings is 1. The highest BCUT2D eigenvalue weighted by Gasteiger charge is 2.32. The Morgan fingerprint density at radius 1 is 1.29 bits per heavy atom. The number of nitrogens with one attached hydrogen (secondary N) is 1. The van der Waals surface area contributed by atoms with E-state index in [1.165, 1.54) is 11.0 Å². The number of hydrogen-bond donors (Lipinski definition) is 2. The van der Waals surface area contributed by atoms with Crippen LogP contribution in [0.4, 0.5) is 11.4 Å². The number of fused-ring (bicyclic) bond motifs is 1. The number of likely N-dealkylation sites (N-methyl/N-ethyl adjacent to an activating group) is 1. The number of anilines is 2. The molecule has 1 unspecified atom stereocenters. The van der Waals surface area contributed by atoms with Crippen LogP contribution >= 0.6 is 0 Å². The summed E-state index contributed by atoms with van der Waals surface area (Å²) in [7, 11) is 1.65. The number of amides is 3. The number of nitrogens with zero attached hydrogens (tertiary/aromatic N) is 2. The van der Waals surface area contributed by atoms with Gasteiger partial charge in [0, 0.05) is 18.8 Å². The van der Waals surface area contributed by atoms with Crippen molar-refractivity contribution >= 4 is 29.1 Å². The van der Waals surface area contributed by atoms with Gasteiger partial charge in [-0.3, -0.25) is 19.3 Å². The van der Waals surface area contributed by atoms with Crippen LogP contribution in [0.5, 0.6) is 5.75 Å². The fraction of sp³-hybridized carbons (Fsp3) is 0.312. The molecule has 8 nitrogen and oxygen atoms in total. The van der Waals surface area contributed by atoms with Gasteiger partial charge in [0.05, 0.1) is 18.8 Å². The number of carbonyl (C=O) groups excluding carboxylic acids is 3. The summed E-state index contributed by atoms with van der Waals surface area (Å²) >= 11 is 0. The molecule has 0 aromatic heterocycles. The van der Waals surface area contributed by atoms with Crippen LogP contribution in [0.2, 0.25) is 0 Å². The normalized spacial score (nSPS) is 20.0. The van der Waals surface area contributed by atoms with E-state index in [9.17, 15) is 14.4 Å². The Labute approximate surface area is 138 Å². The molecular weight excluding hydrogens is 314 g/mol. The van der Waals surface area contributed by atoms with Crippen molar-refractivity contribution in [2.45, 2.75) is 13.0 Å². The minimum absolute atomic E-state index is 0.0491. The molecule has 2 N–H and O–H groups in total. The molecule has 3 rings (SSSR count). The van der Waals surface area contributed by atoms with Crippen LogP contribution in [0.3, 0.4) is 0 Å². The van der Waals surface area contributed by atoms with Crippen molar-refractivity contribution in [3.8, 4) is 5.75 Å². The number of imide groups is 1. The van der Waals surface area contributed by atoms with Crippen LogP contribution in [-0.4, -0.2) is 54.0 Å². The van der Waals surface area contributed by atoms with E-state index in [1.807, 2.05) is 0 Å². The predicted molar refractivity (Wildman–Crippen MR) is 85.5 cm³/mol. The van der Waals surface area contributed by atoms with Crippen molar-refractivity contribution in [2.24, 2.45) is 0 Å². The molecule has 1 aromatic carbocycles. The summed E-state index contributed by atoms with van der Waals surface area (Å²) in [5.74, 6) is -0.569. The van der Waals surface area contributed by atoms with Crippen LogP contribution in [0.1, 0.15) is 6.92 Å².